The van der Waals surface area contributed by atoms with Crippen LogP contribution in [0.25, 0.3) is 16.5 Å². The lowest BCUT2D eigenvalue weighted by molar-refractivity contribution is 0.0896. The molecule has 150 valence electrons. The zero-order valence-electron chi connectivity index (χ0n) is 15.9. The number of nitrogen functional groups attached to an aromatic ring is 1. The highest BCUT2D eigenvalue weighted by molar-refractivity contribution is 6.09. The van der Waals surface area contributed by atoms with Crippen LogP contribution in [0.4, 0.5) is 14.6 Å². The first kappa shape index (κ1) is 19.0. The van der Waals surface area contributed by atoms with Crippen molar-refractivity contribution >= 4 is 28.3 Å². The summed E-state index contributed by atoms with van der Waals surface area (Å²) in [5.41, 5.74) is 11.4. The van der Waals surface area contributed by atoms with Crippen LogP contribution in [0.5, 0.6) is 0 Å². The van der Waals surface area contributed by atoms with Crippen molar-refractivity contribution in [1.29, 1.82) is 0 Å². The number of hydrogen-bond donors (Lipinski definition) is 2. The van der Waals surface area contributed by atoms with Crippen LogP contribution in [0.3, 0.4) is 0 Å². The van der Waals surface area contributed by atoms with Crippen molar-refractivity contribution in [3.05, 3.63) is 46.9 Å². The average molecular weight is 399 g/mol. The number of primary amides is 1. The van der Waals surface area contributed by atoms with E-state index in [4.69, 9.17) is 11.5 Å². The molecular weight excluding hydrogens is 380 g/mol. The number of rotatable bonds is 3. The van der Waals surface area contributed by atoms with Crippen LogP contribution >= 0.6 is 0 Å². The smallest absolute Gasteiger partial charge is 0.282 e. The third kappa shape index (κ3) is 3.02. The molecule has 1 amide bonds. The van der Waals surface area contributed by atoms with Gasteiger partial charge in [0.1, 0.15) is 11.5 Å². The fraction of sp³-hybridized carbons (Fsp3) is 0.300. The summed E-state index contributed by atoms with van der Waals surface area (Å²) < 4.78 is 28.6. The van der Waals surface area contributed by atoms with Crippen molar-refractivity contribution < 1.29 is 18.4 Å². The highest BCUT2D eigenvalue weighted by Gasteiger charge is 2.38. The van der Waals surface area contributed by atoms with Crippen molar-refractivity contribution in [3.8, 4) is 5.69 Å². The van der Waals surface area contributed by atoms with Crippen LogP contribution in [0.15, 0.2) is 24.4 Å². The summed E-state index contributed by atoms with van der Waals surface area (Å²) >= 11 is 0. The highest BCUT2D eigenvalue weighted by Crippen LogP contribution is 2.39. The fourth-order valence-corrected chi connectivity index (χ4v) is 3.92. The van der Waals surface area contributed by atoms with Crippen LogP contribution in [0.2, 0.25) is 0 Å². The number of fused-ring (bicyclic) bond motifs is 2. The predicted molar refractivity (Wildman–Crippen MR) is 103 cm³/mol. The molecule has 4 N–H and O–H groups in total. The van der Waals surface area contributed by atoms with Gasteiger partial charge in [-0.25, -0.2) is 18.4 Å². The first-order chi connectivity index (χ1) is 13.6. The number of carbonyl (C=O) groups excluding carboxylic acids is 2. The fourth-order valence-electron chi connectivity index (χ4n) is 3.92. The van der Waals surface area contributed by atoms with Gasteiger partial charge >= 0.3 is 0 Å². The molecule has 9 heteroatoms. The SMILES string of the molecule is CC1(C)CC(=O)c2c(C(F)F)nn(-c3ccc4c(N)ncc(C(N)=O)c4c3)c2C1. The Bertz CT molecular complexity index is 1180. The summed E-state index contributed by atoms with van der Waals surface area (Å²) in [7, 11) is 0. The summed E-state index contributed by atoms with van der Waals surface area (Å²) in [4.78, 5) is 28.4. The summed E-state index contributed by atoms with van der Waals surface area (Å²) in [5.74, 6) is -0.819. The topological polar surface area (TPSA) is 117 Å². The minimum Gasteiger partial charge on any atom is -0.383 e. The number of nitrogens with two attached hydrogens (primary N) is 2. The molecule has 29 heavy (non-hydrogen) atoms. The van der Waals surface area contributed by atoms with E-state index in [1.807, 2.05) is 13.8 Å². The Morgan fingerprint density at radius 1 is 1.24 bits per heavy atom. The third-order valence-corrected chi connectivity index (χ3v) is 5.19. The second-order valence-electron chi connectivity index (χ2n) is 8.01. The number of hydrogen-bond acceptors (Lipinski definition) is 5. The van der Waals surface area contributed by atoms with Gasteiger partial charge < -0.3 is 11.5 Å². The molecule has 0 radical (unpaired) electrons. The second kappa shape index (κ2) is 6.33. The van der Waals surface area contributed by atoms with Crippen molar-refractivity contribution in [3.63, 3.8) is 0 Å². The van der Waals surface area contributed by atoms with Crippen LogP contribution < -0.4 is 11.5 Å². The van der Waals surface area contributed by atoms with E-state index in [9.17, 15) is 18.4 Å². The average Bonchev–Trinajstić information content (AvgIpc) is 3.00. The van der Waals surface area contributed by atoms with Gasteiger partial charge in [-0.2, -0.15) is 5.10 Å². The van der Waals surface area contributed by atoms with Gasteiger partial charge in [-0.1, -0.05) is 13.8 Å². The maximum atomic E-state index is 13.6. The summed E-state index contributed by atoms with van der Waals surface area (Å²) in [6.45, 7) is 3.82. The molecule has 0 unspecified atom stereocenters. The van der Waals surface area contributed by atoms with Crippen LogP contribution in [0, 0.1) is 5.41 Å². The molecule has 0 saturated heterocycles. The molecule has 0 fully saturated rings. The number of carbonyl (C=O) groups is 2. The molecule has 1 aliphatic rings. The van der Waals surface area contributed by atoms with E-state index in [0.29, 0.717) is 28.6 Å². The number of aromatic nitrogens is 3. The normalized spacial score (nSPS) is 15.7. The number of halogens is 2. The molecule has 0 saturated carbocycles. The minimum absolute atomic E-state index is 0.0104. The van der Waals surface area contributed by atoms with Crippen molar-refractivity contribution in [2.24, 2.45) is 11.1 Å². The Morgan fingerprint density at radius 2 is 1.97 bits per heavy atom. The van der Waals surface area contributed by atoms with Gasteiger partial charge in [0.25, 0.3) is 12.3 Å². The van der Waals surface area contributed by atoms with E-state index in [-0.39, 0.29) is 34.6 Å². The lowest BCUT2D eigenvalue weighted by atomic mass is 9.75. The van der Waals surface area contributed by atoms with E-state index in [0.717, 1.165) is 0 Å². The number of alkyl halides is 2. The van der Waals surface area contributed by atoms with Gasteiger partial charge in [-0.3, -0.25) is 9.59 Å². The Balaban J connectivity index is 2.00. The summed E-state index contributed by atoms with van der Waals surface area (Å²) in [6.07, 6.45) is -1.01. The molecule has 4 rings (SSSR count). The molecule has 2 heterocycles. The van der Waals surface area contributed by atoms with Gasteiger partial charge in [0.2, 0.25) is 0 Å². The molecule has 0 bridgehead atoms. The van der Waals surface area contributed by atoms with Gasteiger partial charge in [-0.05, 0) is 30.0 Å². The lowest BCUT2D eigenvalue weighted by Crippen LogP contribution is -2.28. The van der Waals surface area contributed by atoms with E-state index >= 15 is 0 Å². The minimum atomic E-state index is -2.88. The van der Waals surface area contributed by atoms with Crippen molar-refractivity contribution in [1.82, 2.24) is 14.8 Å². The Labute approximate surface area is 164 Å². The van der Waals surface area contributed by atoms with Crippen LogP contribution in [-0.2, 0) is 6.42 Å². The number of benzene rings is 1. The third-order valence-electron chi connectivity index (χ3n) is 5.19. The number of pyridine rings is 1. The van der Waals surface area contributed by atoms with Gasteiger partial charge in [0.15, 0.2) is 5.78 Å². The Morgan fingerprint density at radius 3 is 2.62 bits per heavy atom. The van der Waals surface area contributed by atoms with Crippen molar-refractivity contribution in [2.45, 2.75) is 33.1 Å². The monoisotopic (exact) mass is 399 g/mol. The summed E-state index contributed by atoms with van der Waals surface area (Å²) in [5, 5.41) is 5.01. The van der Waals surface area contributed by atoms with E-state index in [2.05, 4.69) is 10.1 Å². The number of amides is 1. The first-order valence-corrected chi connectivity index (χ1v) is 9.00. The number of nitrogens with zero attached hydrogens (tertiary/aromatic N) is 3. The van der Waals surface area contributed by atoms with Crippen LogP contribution in [-0.4, -0.2) is 26.5 Å². The summed E-state index contributed by atoms with van der Waals surface area (Å²) in [6, 6.07) is 4.87. The number of ketones is 1. The van der Waals surface area contributed by atoms with Gasteiger partial charge in [0.05, 0.1) is 22.5 Å². The molecule has 2 aromatic heterocycles. The molecule has 0 spiro atoms. The lowest BCUT2D eigenvalue weighted by Gasteiger charge is -2.29. The number of Topliss-reactive ketones (excluding diaryl/α,β-unsaturated/α-hetero) is 1. The molecule has 0 aliphatic heterocycles. The Hall–Kier alpha value is -3.36. The van der Waals surface area contributed by atoms with E-state index in [1.54, 1.807) is 18.2 Å². The molecular formula is C20H19F2N5O2. The van der Waals surface area contributed by atoms with Gasteiger partial charge in [0, 0.05) is 23.4 Å². The quantitative estimate of drug-likeness (QED) is 0.701. The first-order valence-electron chi connectivity index (χ1n) is 9.00. The maximum absolute atomic E-state index is 13.6. The maximum Gasteiger partial charge on any atom is 0.282 e. The number of anilines is 1. The highest BCUT2D eigenvalue weighted by atomic mass is 19.3. The zero-order chi connectivity index (χ0) is 21.1. The molecule has 1 aromatic carbocycles. The van der Waals surface area contributed by atoms with Gasteiger partial charge in [-0.15, -0.1) is 0 Å². The van der Waals surface area contributed by atoms with Crippen LogP contribution in [0.1, 0.15) is 58.8 Å². The molecule has 0 atom stereocenters. The largest absolute Gasteiger partial charge is 0.383 e. The molecule has 3 aromatic rings. The Kier molecular flexibility index (Phi) is 4.14. The second-order valence-corrected chi connectivity index (χ2v) is 8.01. The molecule has 7 nitrogen and oxygen atoms in total. The molecule has 1 aliphatic carbocycles. The van der Waals surface area contributed by atoms with Crippen molar-refractivity contribution in [2.75, 3.05) is 5.73 Å². The van der Waals surface area contributed by atoms with E-state index < -0.39 is 18.0 Å². The van der Waals surface area contributed by atoms with E-state index in [1.165, 1.54) is 10.9 Å². The standard InChI is InChI=1S/C20H19F2N5O2/c1-20(2)6-13-15(14(28)7-20)16(17(21)22)26-27(13)9-3-4-10-11(5-9)12(19(24)29)8-25-18(10)23/h3-5,8,17H,6-7H2,1-2H3,(H2,23,25)(H2,24,29). The zero-order valence-corrected chi connectivity index (χ0v) is 15.9. The predicted octanol–water partition coefficient (Wildman–Crippen LogP) is 3.19.